The van der Waals surface area contributed by atoms with Crippen molar-refractivity contribution in [2.24, 2.45) is 0 Å². The van der Waals surface area contributed by atoms with E-state index in [4.69, 9.17) is 0 Å². The first kappa shape index (κ1) is 14.6. The van der Waals surface area contributed by atoms with Gasteiger partial charge in [0.2, 0.25) is 0 Å². The molecule has 1 rings (SSSR count). The number of hydrogen-bond acceptors (Lipinski definition) is 2. The van der Waals surface area contributed by atoms with Crippen LogP contribution in [-0.4, -0.2) is 29.6 Å². The zero-order valence-electron chi connectivity index (χ0n) is 7.10. The van der Waals surface area contributed by atoms with Gasteiger partial charge in [0.15, 0.2) is 0 Å². The minimum atomic E-state index is -6.50. The molecule has 0 radical (unpaired) electrons. The highest BCUT2D eigenvalue weighted by Crippen LogP contribution is 2.60. The number of rotatable bonds is 0. The molecule has 0 aromatic rings. The van der Waals surface area contributed by atoms with Crippen molar-refractivity contribution in [1.29, 1.82) is 0 Å². The molecule has 0 aliphatic carbocycles. The summed E-state index contributed by atoms with van der Waals surface area (Å²) in [5.41, 5.74) is 0. The largest absolute Gasteiger partial charge is 0.453 e. The molecule has 0 amide bonds. The predicted octanol–water partition coefficient (Wildman–Crippen LogP) is 3.31. The summed E-state index contributed by atoms with van der Waals surface area (Å²) < 4.78 is 115. The molecule has 1 heterocycles. The summed E-state index contributed by atoms with van der Waals surface area (Å²) in [6.07, 6.45) is -18.6. The molecule has 12 heteroatoms. The molecule has 0 aromatic carbocycles. The Balaban J connectivity index is 3.34. The third-order valence-corrected chi connectivity index (χ3v) is 1.93. The van der Waals surface area contributed by atoms with E-state index in [1.165, 1.54) is 0 Å². The summed E-state index contributed by atoms with van der Waals surface area (Å²) >= 11 is 4.09. The lowest BCUT2D eigenvalue weighted by Gasteiger charge is -2.30. The molecular formula is C5ClF9O2. The molecule has 1 atom stereocenters. The van der Waals surface area contributed by atoms with Crippen LogP contribution < -0.4 is 0 Å². The fourth-order valence-electron chi connectivity index (χ4n) is 0.893. The molecule has 102 valence electrons. The molecule has 1 saturated heterocycles. The lowest BCUT2D eigenvalue weighted by atomic mass is 10.2. The van der Waals surface area contributed by atoms with E-state index >= 15 is 0 Å². The lowest BCUT2D eigenvalue weighted by molar-refractivity contribution is -0.462. The summed E-state index contributed by atoms with van der Waals surface area (Å²) in [4.78, 5) is 0. The Kier molecular flexibility index (Phi) is 2.86. The highest BCUT2D eigenvalue weighted by atomic mass is 35.5. The highest BCUT2D eigenvalue weighted by molar-refractivity contribution is 6.22. The van der Waals surface area contributed by atoms with Gasteiger partial charge >= 0.3 is 29.6 Å². The van der Waals surface area contributed by atoms with E-state index in [-0.39, 0.29) is 0 Å². The zero-order chi connectivity index (χ0) is 13.9. The van der Waals surface area contributed by atoms with E-state index in [2.05, 4.69) is 21.1 Å². The van der Waals surface area contributed by atoms with Crippen molar-refractivity contribution >= 4 is 11.6 Å². The zero-order valence-corrected chi connectivity index (χ0v) is 7.85. The molecule has 1 aliphatic heterocycles. The predicted molar refractivity (Wildman–Crippen MR) is 31.7 cm³/mol. The van der Waals surface area contributed by atoms with E-state index in [9.17, 15) is 39.5 Å². The van der Waals surface area contributed by atoms with E-state index in [1.54, 1.807) is 0 Å². The third kappa shape index (κ3) is 1.93. The van der Waals surface area contributed by atoms with Crippen molar-refractivity contribution in [1.82, 2.24) is 0 Å². The van der Waals surface area contributed by atoms with Gasteiger partial charge in [-0.25, -0.2) is 0 Å². The Morgan fingerprint density at radius 2 is 1.12 bits per heavy atom. The van der Waals surface area contributed by atoms with Crippen LogP contribution in [0.4, 0.5) is 39.5 Å². The van der Waals surface area contributed by atoms with Crippen LogP contribution in [0.2, 0.25) is 0 Å². The van der Waals surface area contributed by atoms with E-state index in [0.717, 1.165) is 0 Å². The second-order valence-electron chi connectivity index (χ2n) is 2.85. The smallest absolute Gasteiger partial charge is 0.278 e. The number of alkyl halides is 10. The standard InChI is InChI=1S/C5ClF9O2/c6-2(7)5(14,15)17-1(16-2,3(8,9)10)4(11,12)13. The molecule has 0 N–H and O–H groups in total. The normalized spacial score (nSPS) is 32.8. The average molecular weight is 298 g/mol. The molecule has 1 aliphatic rings. The highest BCUT2D eigenvalue weighted by Gasteiger charge is 2.87. The Morgan fingerprint density at radius 3 is 1.24 bits per heavy atom. The van der Waals surface area contributed by atoms with Crippen molar-refractivity contribution in [3.8, 4) is 0 Å². The molecule has 1 unspecified atom stereocenters. The van der Waals surface area contributed by atoms with Crippen molar-refractivity contribution < 1.29 is 49.0 Å². The van der Waals surface area contributed by atoms with Crippen LogP contribution >= 0.6 is 11.6 Å². The van der Waals surface area contributed by atoms with Crippen molar-refractivity contribution in [3.05, 3.63) is 0 Å². The van der Waals surface area contributed by atoms with Gasteiger partial charge in [0.1, 0.15) is 0 Å². The van der Waals surface area contributed by atoms with Gasteiger partial charge in [-0.1, -0.05) is 0 Å². The first-order valence-electron chi connectivity index (χ1n) is 3.46. The molecule has 0 bridgehead atoms. The summed E-state index contributed by atoms with van der Waals surface area (Å²) in [7, 11) is 0. The van der Waals surface area contributed by atoms with Crippen molar-refractivity contribution in [3.63, 3.8) is 0 Å². The maximum absolute atomic E-state index is 12.6. The molecular weight excluding hydrogens is 298 g/mol. The summed E-state index contributed by atoms with van der Waals surface area (Å²) in [5, 5.41) is -5.09. The quantitative estimate of drug-likeness (QED) is 0.504. The summed E-state index contributed by atoms with van der Waals surface area (Å²) in [5.74, 6) is -5.82. The molecule has 2 nitrogen and oxygen atoms in total. The number of halogens is 10. The minimum absolute atomic E-state index is 2.37. The van der Waals surface area contributed by atoms with Crippen LogP contribution in [-0.2, 0) is 9.47 Å². The van der Waals surface area contributed by atoms with E-state index in [0.29, 0.717) is 0 Å². The van der Waals surface area contributed by atoms with Gasteiger partial charge < -0.3 is 0 Å². The first-order valence-corrected chi connectivity index (χ1v) is 3.83. The van der Waals surface area contributed by atoms with Gasteiger partial charge in [0.05, 0.1) is 0 Å². The Bertz CT molecular complexity index is 286. The number of ether oxygens (including phenoxy) is 2. The van der Waals surface area contributed by atoms with Crippen LogP contribution in [0, 0.1) is 0 Å². The topological polar surface area (TPSA) is 18.5 Å². The lowest BCUT2D eigenvalue weighted by Crippen LogP contribution is -2.58. The Morgan fingerprint density at radius 1 is 0.765 bits per heavy atom. The molecule has 1 fully saturated rings. The van der Waals surface area contributed by atoms with Crippen LogP contribution in [0.15, 0.2) is 0 Å². The Hall–Kier alpha value is -0.420. The molecule has 0 spiro atoms. The van der Waals surface area contributed by atoms with Gasteiger partial charge in [-0.05, 0) is 11.6 Å². The third-order valence-electron chi connectivity index (χ3n) is 1.63. The van der Waals surface area contributed by atoms with Crippen LogP contribution in [0.1, 0.15) is 0 Å². The van der Waals surface area contributed by atoms with Gasteiger partial charge in [-0.3, -0.25) is 9.47 Å². The van der Waals surface area contributed by atoms with Crippen molar-refractivity contribution in [2.75, 3.05) is 0 Å². The number of hydrogen-bond donors (Lipinski definition) is 0. The van der Waals surface area contributed by atoms with Crippen LogP contribution in [0.5, 0.6) is 0 Å². The van der Waals surface area contributed by atoms with Crippen LogP contribution in [0.25, 0.3) is 0 Å². The minimum Gasteiger partial charge on any atom is -0.278 e. The first-order chi connectivity index (χ1) is 7.16. The monoisotopic (exact) mass is 298 g/mol. The fraction of sp³-hybridized carbons (Fsp3) is 1.00. The molecule has 17 heavy (non-hydrogen) atoms. The Labute approximate surface area is 91.2 Å². The van der Waals surface area contributed by atoms with Gasteiger partial charge in [-0.15, -0.1) is 0 Å². The SMILES string of the molecule is FC(F)(F)C1(C(F)(F)F)OC(F)(F)C(F)(Cl)O1. The van der Waals surface area contributed by atoms with Crippen LogP contribution in [0.3, 0.4) is 0 Å². The van der Waals surface area contributed by atoms with Crippen molar-refractivity contribution in [2.45, 2.75) is 29.6 Å². The summed E-state index contributed by atoms with van der Waals surface area (Å²) in [6, 6.07) is 0. The van der Waals surface area contributed by atoms with Gasteiger partial charge in [0.25, 0.3) is 0 Å². The maximum Gasteiger partial charge on any atom is 0.453 e. The summed E-state index contributed by atoms with van der Waals surface area (Å²) in [6.45, 7) is 0. The van der Waals surface area contributed by atoms with E-state index < -0.39 is 29.6 Å². The molecule has 0 aromatic heterocycles. The second kappa shape index (κ2) is 3.32. The fourth-order valence-corrected chi connectivity index (χ4v) is 1.04. The molecule has 0 saturated carbocycles. The average Bonchev–Trinajstić information content (AvgIpc) is 2.15. The van der Waals surface area contributed by atoms with Gasteiger partial charge in [-0.2, -0.15) is 39.5 Å². The maximum atomic E-state index is 12.6. The van der Waals surface area contributed by atoms with E-state index in [1.807, 2.05) is 0 Å². The second-order valence-corrected chi connectivity index (χ2v) is 3.34. The van der Waals surface area contributed by atoms with Gasteiger partial charge in [0, 0.05) is 0 Å².